The first-order chi connectivity index (χ1) is 9.86. The summed E-state index contributed by atoms with van der Waals surface area (Å²) in [4.78, 5) is 15.6. The van der Waals surface area contributed by atoms with E-state index >= 15 is 0 Å². The molecular formula is C16H20N2O3. The lowest BCUT2D eigenvalue weighted by molar-refractivity contribution is -0.155. The lowest BCUT2D eigenvalue weighted by atomic mass is 10.0. The van der Waals surface area contributed by atoms with E-state index in [4.69, 9.17) is 5.11 Å². The number of anilines is 1. The van der Waals surface area contributed by atoms with Gasteiger partial charge in [0.15, 0.2) is 5.60 Å². The van der Waals surface area contributed by atoms with E-state index in [0.717, 1.165) is 34.3 Å². The maximum absolute atomic E-state index is 11.0. The Morgan fingerprint density at radius 1 is 1.38 bits per heavy atom. The summed E-state index contributed by atoms with van der Waals surface area (Å²) in [6, 6.07) is 7.69. The summed E-state index contributed by atoms with van der Waals surface area (Å²) in [6.45, 7) is 5.18. The number of aliphatic hydroxyl groups is 1. The molecule has 21 heavy (non-hydrogen) atoms. The first-order valence-electron chi connectivity index (χ1n) is 6.94. The van der Waals surface area contributed by atoms with Crippen molar-refractivity contribution < 1.29 is 15.0 Å². The summed E-state index contributed by atoms with van der Waals surface area (Å²) in [7, 11) is 0. The molecule has 0 saturated carbocycles. The maximum Gasteiger partial charge on any atom is 0.337 e. The van der Waals surface area contributed by atoms with Gasteiger partial charge in [0.1, 0.15) is 0 Å². The van der Waals surface area contributed by atoms with Gasteiger partial charge in [0.05, 0.1) is 12.1 Å². The third kappa shape index (κ3) is 2.97. The second-order valence-corrected chi connectivity index (χ2v) is 5.35. The fourth-order valence-electron chi connectivity index (χ4n) is 2.34. The molecule has 0 amide bonds. The van der Waals surface area contributed by atoms with Crippen molar-refractivity contribution in [3.63, 3.8) is 0 Å². The van der Waals surface area contributed by atoms with E-state index in [2.05, 4.69) is 10.3 Å². The number of hydrogen-bond acceptors (Lipinski definition) is 4. The van der Waals surface area contributed by atoms with Crippen LogP contribution in [0, 0.1) is 6.92 Å². The maximum atomic E-state index is 11.0. The van der Waals surface area contributed by atoms with Crippen LogP contribution in [0.2, 0.25) is 0 Å². The standard InChI is InChI=1S/C16H20N2O3/c1-4-11-10(2)18-13-8-6-5-7-12(13)14(11)17-9-16(3,21)15(19)20/h5-8,21H,4,9H2,1-3H3,(H,17,18)(H,19,20). The highest BCUT2D eigenvalue weighted by molar-refractivity contribution is 5.93. The monoisotopic (exact) mass is 288 g/mol. The van der Waals surface area contributed by atoms with E-state index in [1.807, 2.05) is 38.1 Å². The number of pyridine rings is 1. The first kappa shape index (κ1) is 15.3. The Bertz CT molecular complexity index is 681. The van der Waals surface area contributed by atoms with E-state index in [0.29, 0.717) is 0 Å². The molecule has 5 nitrogen and oxygen atoms in total. The molecule has 3 N–H and O–H groups in total. The van der Waals surface area contributed by atoms with E-state index < -0.39 is 11.6 Å². The van der Waals surface area contributed by atoms with Crippen LogP contribution < -0.4 is 5.32 Å². The molecule has 1 aromatic heterocycles. The highest BCUT2D eigenvalue weighted by atomic mass is 16.4. The van der Waals surface area contributed by atoms with Gasteiger partial charge in [-0.1, -0.05) is 25.1 Å². The van der Waals surface area contributed by atoms with Crippen LogP contribution in [0.1, 0.15) is 25.1 Å². The number of carbonyl (C=O) groups is 1. The van der Waals surface area contributed by atoms with Crippen molar-refractivity contribution in [3.05, 3.63) is 35.5 Å². The van der Waals surface area contributed by atoms with E-state index in [1.54, 1.807) is 0 Å². The number of carboxylic acid groups (broad SMARTS) is 1. The van der Waals surface area contributed by atoms with Crippen LogP contribution in [0.15, 0.2) is 24.3 Å². The quantitative estimate of drug-likeness (QED) is 0.786. The molecule has 1 heterocycles. The summed E-state index contributed by atoms with van der Waals surface area (Å²) in [5.74, 6) is -1.25. The molecule has 0 bridgehead atoms. The predicted octanol–water partition coefficient (Wildman–Crippen LogP) is 2.35. The lowest BCUT2D eigenvalue weighted by Gasteiger charge is -2.22. The minimum Gasteiger partial charge on any atom is -0.479 e. The molecule has 2 rings (SSSR count). The summed E-state index contributed by atoms with van der Waals surface area (Å²) < 4.78 is 0. The topological polar surface area (TPSA) is 82.5 Å². The van der Waals surface area contributed by atoms with Gasteiger partial charge in [-0.15, -0.1) is 0 Å². The van der Waals surface area contributed by atoms with Gasteiger partial charge >= 0.3 is 5.97 Å². The van der Waals surface area contributed by atoms with Crippen LogP contribution in [-0.2, 0) is 11.2 Å². The minimum absolute atomic E-state index is 0.0667. The Morgan fingerprint density at radius 3 is 2.67 bits per heavy atom. The molecule has 5 heteroatoms. The van der Waals surface area contributed by atoms with Gasteiger partial charge in [0.25, 0.3) is 0 Å². The molecular weight excluding hydrogens is 268 g/mol. The largest absolute Gasteiger partial charge is 0.479 e. The van der Waals surface area contributed by atoms with E-state index in [9.17, 15) is 9.90 Å². The zero-order valence-electron chi connectivity index (χ0n) is 12.5. The number of para-hydroxylation sites is 1. The SMILES string of the molecule is CCc1c(C)nc2ccccc2c1NCC(C)(O)C(=O)O. The van der Waals surface area contributed by atoms with Gasteiger partial charge in [0, 0.05) is 16.8 Å². The van der Waals surface area contributed by atoms with Crippen molar-refractivity contribution in [2.75, 3.05) is 11.9 Å². The Hall–Kier alpha value is -2.14. The molecule has 1 unspecified atom stereocenters. The Kier molecular flexibility index (Phi) is 4.14. The number of nitrogens with one attached hydrogen (secondary N) is 1. The molecule has 0 radical (unpaired) electrons. The number of aromatic nitrogens is 1. The molecule has 1 atom stereocenters. The van der Waals surface area contributed by atoms with Gasteiger partial charge in [-0.05, 0) is 31.9 Å². The molecule has 0 aliphatic heterocycles. The number of rotatable bonds is 5. The fourth-order valence-corrected chi connectivity index (χ4v) is 2.34. The molecule has 2 aromatic rings. The van der Waals surface area contributed by atoms with Crippen molar-refractivity contribution in [3.8, 4) is 0 Å². The van der Waals surface area contributed by atoms with Gasteiger partial charge in [-0.2, -0.15) is 0 Å². The third-order valence-corrected chi connectivity index (χ3v) is 3.62. The van der Waals surface area contributed by atoms with Crippen LogP contribution >= 0.6 is 0 Å². The summed E-state index contributed by atoms with van der Waals surface area (Å²) in [5.41, 5.74) is 1.83. The average Bonchev–Trinajstić information content (AvgIpc) is 2.44. The zero-order valence-corrected chi connectivity index (χ0v) is 12.5. The predicted molar refractivity (Wildman–Crippen MR) is 82.6 cm³/mol. The van der Waals surface area contributed by atoms with Crippen LogP contribution in [0.3, 0.4) is 0 Å². The van der Waals surface area contributed by atoms with Crippen molar-refractivity contribution >= 4 is 22.6 Å². The lowest BCUT2D eigenvalue weighted by Crippen LogP contribution is -2.42. The Balaban J connectivity index is 2.48. The summed E-state index contributed by atoms with van der Waals surface area (Å²) in [5, 5.41) is 22.9. The molecule has 0 saturated heterocycles. The van der Waals surface area contributed by atoms with Gasteiger partial charge < -0.3 is 15.5 Å². The zero-order chi connectivity index (χ0) is 15.6. The van der Waals surface area contributed by atoms with Gasteiger partial charge in [-0.25, -0.2) is 4.79 Å². The number of nitrogens with zero attached hydrogens (tertiary/aromatic N) is 1. The normalized spacial score (nSPS) is 13.9. The van der Waals surface area contributed by atoms with Crippen LogP contribution in [0.25, 0.3) is 10.9 Å². The second kappa shape index (κ2) is 5.69. The molecule has 112 valence electrons. The molecule has 1 aromatic carbocycles. The average molecular weight is 288 g/mol. The van der Waals surface area contributed by atoms with Crippen molar-refractivity contribution in [2.24, 2.45) is 0 Å². The third-order valence-electron chi connectivity index (χ3n) is 3.62. The Labute approximate surface area is 123 Å². The number of hydrogen-bond donors (Lipinski definition) is 3. The van der Waals surface area contributed by atoms with E-state index in [1.165, 1.54) is 6.92 Å². The fraction of sp³-hybridized carbons (Fsp3) is 0.375. The smallest absolute Gasteiger partial charge is 0.337 e. The number of fused-ring (bicyclic) bond motifs is 1. The van der Waals surface area contributed by atoms with Crippen molar-refractivity contribution in [1.82, 2.24) is 4.98 Å². The highest BCUT2D eigenvalue weighted by Crippen LogP contribution is 2.29. The molecule has 0 spiro atoms. The van der Waals surface area contributed by atoms with Crippen molar-refractivity contribution in [2.45, 2.75) is 32.8 Å². The Morgan fingerprint density at radius 2 is 2.05 bits per heavy atom. The minimum atomic E-state index is -1.82. The first-order valence-corrected chi connectivity index (χ1v) is 6.94. The second-order valence-electron chi connectivity index (χ2n) is 5.35. The number of aliphatic carboxylic acids is 1. The summed E-state index contributed by atoms with van der Waals surface area (Å²) >= 11 is 0. The van der Waals surface area contributed by atoms with Crippen LogP contribution in [-0.4, -0.2) is 33.3 Å². The molecule has 0 aliphatic carbocycles. The van der Waals surface area contributed by atoms with Crippen LogP contribution in [0.5, 0.6) is 0 Å². The number of carboxylic acids is 1. The van der Waals surface area contributed by atoms with E-state index in [-0.39, 0.29) is 6.54 Å². The molecule has 0 aliphatic rings. The van der Waals surface area contributed by atoms with Crippen molar-refractivity contribution in [1.29, 1.82) is 0 Å². The number of aryl methyl sites for hydroxylation is 1. The van der Waals surface area contributed by atoms with Gasteiger partial charge in [0.2, 0.25) is 0 Å². The summed E-state index contributed by atoms with van der Waals surface area (Å²) in [6.07, 6.45) is 0.779. The van der Waals surface area contributed by atoms with Crippen LogP contribution in [0.4, 0.5) is 5.69 Å². The molecule has 0 fully saturated rings. The number of benzene rings is 1. The highest BCUT2D eigenvalue weighted by Gasteiger charge is 2.30. The van der Waals surface area contributed by atoms with Gasteiger partial charge in [-0.3, -0.25) is 4.98 Å².